The van der Waals surface area contributed by atoms with Crippen molar-refractivity contribution in [2.24, 2.45) is 4.99 Å². The summed E-state index contributed by atoms with van der Waals surface area (Å²) in [6.45, 7) is 14.0. The summed E-state index contributed by atoms with van der Waals surface area (Å²) in [7, 11) is 0. The van der Waals surface area contributed by atoms with Crippen LogP contribution in [-0.2, 0) is 17.8 Å². The van der Waals surface area contributed by atoms with Crippen LogP contribution in [0, 0.1) is 0 Å². The largest absolute Gasteiger partial charge is 0.444 e. The molecule has 0 radical (unpaired) electrons. The average molecular weight is 556 g/mol. The van der Waals surface area contributed by atoms with Gasteiger partial charge >= 0.3 is 6.09 Å². The molecule has 8 nitrogen and oxygen atoms in total. The Morgan fingerprint density at radius 1 is 1.16 bits per heavy atom. The molecule has 1 aromatic carbocycles. The predicted molar refractivity (Wildman–Crippen MR) is 139 cm³/mol. The fourth-order valence-electron chi connectivity index (χ4n) is 2.86. The molecular weight excluding hydrogens is 519 g/mol. The van der Waals surface area contributed by atoms with Crippen LogP contribution in [0.4, 0.5) is 4.79 Å². The highest BCUT2D eigenvalue weighted by Crippen LogP contribution is 2.10. The number of carbonyl (C=O) groups excluding carboxylic acids is 1. The van der Waals surface area contributed by atoms with Gasteiger partial charge in [0.05, 0.1) is 18.4 Å². The van der Waals surface area contributed by atoms with Gasteiger partial charge in [0.25, 0.3) is 0 Å². The number of benzene rings is 1. The lowest BCUT2D eigenvalue weighted by molar-refractivity contribution is 0.0474. The van der Waals surface area contributed by atoms with Crippen LogP contribution in [0.2, 0.25) is 0 Å². The second-order valence-electron chi connectivity index (χ2n) is 9.11. The lowest BCUT2D eigenvalue weighted by Crippen LogP contribution is -2.54. The molecule has 9 heteroatoms. The van der Waals surface area contributed by atoms with Crippen molar-refractivity contribution in [3.8, 4) is 0 Å². The van der Waals surface area contributed by atoms with E-state index >= 15 is 0 Å². The summed E-state index contributed by atoms with van der Waals surface area (Å²) in [4.78, 5) is 20.9. The van der Waals surface area contributed by atoms with Gasteiger partial charge in [0.15, 0.2) is 5.96 Å². The van der Waals surface area contributed by atoms with E-state index in [-0.39, 0.29) is 24.0 Å². The molecule has 0 unspecified atom stereocenters. The number of imidazole rings is 1. The molecule has 178 valence electrons. The Labute approximate surface area is 208 Å². The molecule has 0 bridgehead atoms. The van der Waals surface area contributed by atoms with Gasteiger partial charge in [-0.3, -0.25) is 0 Å². The van der Waals surface area contributed by atoms with Crippen LogP contribution in [-0.4, -0.2) is 45.8 Å². The molecule has 0 spiro atoms. The molecule has 1 amide bonds. The number of rotatable bonds is 8. The highest BCUT2D eigenvalue weighted by atomic mass is 127. The van der Waals surface area contributed by atoms with Crippen molar-refractivity contribution in [2.45, 2.75) is 65.8 Å². The highest BCUT2D eigenvalue weighted by Gasteiger charge is 2.24. The van der Waals surface area contributed by atoms with Crippen molar-refractivity contribution >= 4 is 36.0 Å². The SMILES string of the molecule is CCNC(=NCc1cccc(Cn2ccnc2)c1)NCC(C)(C)NC(=O)OC(C)(C)C.I. The third-order valence-corrected chi connectivity index (χ3v) is 4.22. The Morgan fingerprint density at radius 3 is 2.50 bits per heavy atom. The zero-order valence-corrected chi connectivity index (χ0v) is 22.3. The molecular formula is C23H37IN6O2. The number of guanidine groups is 1. The highest BCUT2D eigenvalue weighted by molar-refractivity contribution is 14.0. The molecule has 2 aromatic rings. The number of nitrogens with zero attached hydrogens (tertiary/aromatic N) is 3. The standard InChI is InChI=1S/C23H36N6O2.HI/c1-7-25-20(27-16-23(5,6)28-21(30)31-22(2,3)4)26-14-18-9-8-10-19(13-18)15-29-12-11-24-17-29;/h8-13,17H,7,14-16H2,1-6H3,(H,28,30)(H2,25,26,27);1H. The number of carbonyl (C=O) groups is 1. The quantitative estimate of drug-likeness (QED) is 0.261. The predicted octanol–water partition coefficient (Wildman–Crippen LogP) is 3.91. The molecule has 0 saturated heterocycles. The normalized spacial score (nSPS) is 12.0. The zero-order chi connectivity index (χ0) is 22.9. The van der Waals surface area contributed by atoms with Crippen LogP contribution < -0.4 is 16.0 Å². The first-order chi connectivity index (χ1) is 14.6. The van der Waals surface area contributed by atoms with E-state index in [2.05, 4.69) is 39.1 Å². The Bertz CT molecular complexity index is 860. The van der Waals surface area contributed by atoms with Crippen LogP contribution in [0.3, 0.4) is 0 Å². The number of hydrogen-bond acceptors (Lipinski definition) is 4. The number of amides is 1. The van der Waals surface area contributed by atoms with E-state index in [4.69, 9.17) is 9.73 Å². The van der Waals surface area contributed by atoms with E-state index in [1.54, 1.807) is 6.20 Å². The van der Waals surface area contributed by atoms with E-state index in [0.717, 1.165) is 18.7 Å². The Balaban J connectivity index is 0.00000512. The van der Waals surface area contributed by atoms with Crippen LogP contribution in [0.1, 0.15) is 52.7 Å². The Morgan fingerprint density at radius 2 is 1.88 bits per heavy atom. The van der Waals surface area contributed by atoms with Gasteiger partial charge in [-0.1, -0.05) is 24.3 Å². The lowest BCUT2D eigenvalue weighted by Gasteiger charge is -2.29. The molecule has 0 aliphatic carbocycles. The van der Waals surface area contributed by atoms with E-state index < -0.39 is 17.2 Å². The number of hydrogen-bond donors (Lipinski definition) is 3. The van der Waals surface area contributed by atoms with Gasteiger partial charge in [0, 0.05) is 32.0 Å². The number of aromatic nitrogens is 2. The average Bonchev–Trinajstić information content (AvgIpc) is 3.15. The first-order valence-corrected chi connectivity index (χ1v) is 10.6. The van der Waals surface area contributed by atoms with Gasteiger partial charge < -0.3 is 25.3 Å². The third-order valence-electron chi connectivity index (χ3n) is 4.22. The summed E-state index contributed by atoms with van der Waals surface area (Å²) < 4.78 is 7.39. The minimum absolute atomic E-state index is 0. The van der Waals surface area contributed by atoms with Gasteiger partial charge in [0.2, 0.25) is 0 Å². The first kappa shape index (κ1) is 27.7. The van der Waals surface area contributed by atoms with Crippen molar-refractivity contribution in [1.29, 1.82) is 0 Å². The molecule has 0 aliphatic heterocycles. The van der Waals surface area contributed by atoms with Crippen LogP contribution in [0.25, 0.3) is 0 Å². The van der Waals surface area contributed by atoms with Crippen molar-refractivity contribution < 1.29 is 9.53 Å². The summed E-state index contributed by atoms with van der Waals surface area (Å²) in [6.07, 6.45) is 5.11. The molecule has 32 heavy (non-hydrogen) atoms. The number of halogens is 1. The number of alkyl carbamates (subject to hydrolysis) is 1. The summed E-state index contributed by atoms with van der Waals surface area (Å²) >= 11 is 0. The molecule has 0 fully saturated rings. The van der Waals surface area contributed by atoms with Gasteiger partial charge in [-0.15, -0.1) is 24.0 Å². The minimum atomic E-state index is -0.531. The Kier molecular flexibility index (Phi) is 11.0. The molecule has 1 aromatic heterocycles. The molecule has 0 saturated carbocycles. The number of nitrogens with one attached hydrogen (secondary N) is 3. The summed E-state index contributed by atoms with van der Waals surface area (Å²) in [5.41, 5.74) is 1.28. The first-order valence-electron chi connectivity index (χ1n) is 10.6. The minimum Gasteiger partial charge on any atom is -0.444 e. The second kappa shape index (κ2) is 12.7. The van der Waals surface area contributed by atoms with Gasteiger partial charge in [-0.05, 0) is 52.7 Å². The van der Waals surface area contributed by atoms with Gasteiger partial charge in [0.1, 0.15) is 5.60 Å². The maximum Gasteiger partial charge on any atom is 0.408 e. The fourth-order valence-corrected chi connectivity index (χ4v) is 2.86. The third kappa shape index (κ3) is 10.8. The lowest BCUT2D eigenvalue weighted by atomic mass is 10.1. The van der Waals surface area contributed by atoms with Crippen molar-refractivity contribution in [3.05, 3.63) is 54.1 Å². The fraction of sp³-hybridized carbons (Fsp3) is 0.522. The van der Waals surface area contributed by atoms with Crippen molar-refractivity contribution in [2.75, 3.05) is 13.1 Å². The van der Waals surface area contributed by atoms with E-state index in [0.29, 0.717) is 19.0 Å². The molecule has 0 atom stereocenters. The maximum absolute atomic E-state index is 12.1. The zero-order valence-electron chi connectivity index (χ0n) is 19.9. The van der Waals surface area contributed by atoms with Crippen molar-refractivity contribution in [3.63, 3.8) is 0 Å². The van der Waals surface area contributed by atoms with Gasteiger partial charge in [-0.25, -0.2) is 14.8 Å². The van der Waals surface area contributed by atoms with Crippen LogP contribution in [0.5, 0.6) is 0 Å². The number of ether oxygens (including phenoxy) is 1. The smallest absolute Gasteiger partial charge is 0.408 e. The Hall–Kier alpha value is -2.30. The topological polar surface area (TPSA) is 92.6 Å². The van der Waals surface area contributed by atoms with E-state index in [1.807, 2.05) is 64.7 Å². The van der Waals surface area contributed by atoms with Crippen molar-refractivity contribution in [1.82, 2.24) is 25.5 Å². The molecule has 2 rings (SSSR count). The maximum atomic E-state index is 12.1. The monoisotopic (exact) mass is 556 g/mol. The summed E-state index contributed by atoms with van der Waals surface area (Å²) in [6, 6.07) is 8.37. The summed E-state index contributed by atoms with van der Waals surface area (Å²) in [5, 5.41) is 9.46. The molecule has 3 N–H and O–H groups in total. The second-order valence-corrected chi connectivity index (χ2v) is 9.11. The van der Waals surface area contributed by atoms with E-state index in [9.17, 15) is 4.79 Å². The van der Waals surface area contributed by atoms with Gasteiger partial charge in [-0.2, -0.15) is 0 Å². The molecule has 0 aliphatic rings. The number of aliphatic imine (C=N–C) groups is 1. The van der Waals surface area contributed by atoms with Crippen LogP contribution in [0.15, 0.2) is 48.0 Å². The van der Waals surface area contributed by atoms with E-state index in [1.165, 1.54) is 5.56 Å². The molecule has 1 heterocycles. The van der Waals surface area contributed by atoms with Crippen LogP contribution >= 0.6 is 24.0 Å². The summed E-state index contributed by atoms with van der Waals surface area (Å²) in [5.74, 6) is 0.696.